The molecule has 124 valence electrons. The molecule has 0 fully saturated rings. The van der Waals surface area contributed by atoms with Crippen molar-refractivity contribution < 1.29 is 4.79 Å². The first-order valence-electron chi connectivity index (χ1n) is 7.29. The normalized spacial score (nSPS) is 10.7. The summed E-state index contributed by atoms with van der Waals surface area (Å²) >= 11 is 2.76. The van der Waals surface area contributed by atoms with E-state index in [1.165, 1.54) is 23.1 Å². The van der Waals surface area contributed by atoms with Crippen LogP contribution in [0.5, 0.6) is 0 Å². The molecule has 0 saturated carbocycles. The van der Waals surface area contributed by atoms with Gasteiger partial charge in [-0.3, -0.25) is 9.59 Å². The number of H-pyrrole nitrogens is 1. The second-order valence-electron chi connectivity index (χ2n) is 4.94. The van der Waals surface area contributed by atoms with Gasteiger partial charge in [0.05, 0.1) is 0 Å². The topological polar surface area (TPSA) is 101 Å². The molecule has 9 heteroatoms. The molecule has 2 heterocycles. The smallest absolute Gasteiger partial charge is 0.254 e. The second-order valence-corrected chi connectivity index (χ2v) is 6.80. The van der Waals surface area contributed by atoms with E-state index in [-0.39, 0.29) is 17.9 Å². The third kappa shape index (κ3) is 4.87. The first kappa shape index (κ1) is 17.6. The minimum atomic E-state index is -0.184. The summed E-state index contributed by atoms with van der Waals surface area (Å²) in [6, 6.07) is 0. The van der Waals surface area contributed by atoms with Gasteiger partial charge in [0.1, 0.15) is 5.01 Å². The molecule has 23 heavy (non-hydrogen) atoms. The molecule has 2 N–H and O–H groups in total. The number of nitrogens with zero attached hydrogens (tertiary/aromatic N) is 3. The van der Waals surface area contributed by atoms with Gasteiger partial charge >= 0.3 is 0 Å². The van der Waals surface area contributed by atoms with Crippen molar-refractivity contribution in [2.75, 3.05) is 11.6 Å². The van der Waals surface area contributed by atoms with Crippen molar-refractivity contribution in [1.82, 2.24) is 20.2 Å². The number of amides is 1. The molecule has 2 aromatic rings. The quantitative estimate of drug-likeness (QED) is 0.584. The van der Waals surface area contributed by atoms with Crippen molar-refractivity contribution in [3.8, 4) is 0 Å². The third-order valence-corrected chi connectivity index (χ3v) is 4.65. The maximum atomic E-state index is 12.0. The average molecular weight is 353 g/mol. The SMILES string of the molecule is CCCc1nnc(NC(=O)CCc2c(C)nc(SC)[nH]c2=O)s1. The van der Waals surface area contributed by atoms with Crippen LogP contribution < -0.4 is 10.9 Å². The van der Waals surface area contributed by atoms with Gasteiger partial charge in [0.2, 0.25) is 11.0 Å². The average Bonchev–Trinajstić information content (AvgIpc) is 2.93. The number of aromatic nitrogens is 4. The molecule has 0 bridgehead atoms. The lowest BCUT2D eigenvalue weighted by Gasteiger charge is -2.05. The summed E-state index contributed by atoms with van der Waals surface area (Å²) in [6.07, 6.45) is 4.24. The lowest BCUT2D eigenvalue weighted by molar-refractivity contribution is -0.116. The molecule has 2 rings (SSSR count). The van der Waals surface area contributed by atoms with Gasteiger partial charge in [-0.2, -0.15) is 0 Å². The predicted octanol–water partition coefficient (Wildman–Crippen LogP) is 2.18. The Morgan fingerprint density at radius 1 is 1.35 bits per heavy atom. The van der Waals surface area contributed by atoms with Gasteiger partial charge in [-0.05, 0) is 26.0 Å². The largest absolute Gasteiger partial charge is 0.301 e. The number of thioether (sulfide) groups is 1. The molecule has 0 aliphatic carbocycles. The zero-order valence-electron chi connectivity index (χ0n) is 13.3. The summed E-state index contributed by atoms with van der Waals surface area (Å²) in [5.74, 6) is -0.183. The summed E-state index contributed by atoms with van der Waals surface area (Å²) in [4.78, 5) is 31.0. The highest BCUT2D eigenvalue weighted by atomic mass is 32.2. The highest BCUT2D eigenvalue weighted by Gasteiger charge is 2.12. The first-order valence-corrected chi connectivity index (χ1v) is 9.33. The molecule has 0 aliphatic heterocycles. The fourth-order valence-electron chi connectivity index (χ4n) is 2.02. The van der Waals surface area contributed by atoms with Crippen LogP contribution in [0.3, 0.4) is 0 Å². The van der Waals surface area contributed by atoms with Gasteiger partial charge in [-0.25, -0.2) is 4.98 Å². The molecule has 2 aromatic heterocycles. The molecule has 7 nitrogen and oxygen atoms in total. The van der Waals surface area contributed by atoms with Gasteiger partial charge in [-0.1, -0.05) is 30.0 Å². The molecule has 0 aromatic carbocycles. The van der Waals surface area contributed by atoms with Gasteiger partial charge in [0.25, 0.3) is 5.56 Å². The lowest BCUT2D eigenvalue weighted by atomic mass is 10.1. The van der Waals surface area contributed by atoms with E-state index >= 15 is 0 Å². The van der Waals surface area contributed by atoms with E-state index in [1.54, 1.807) is 6.92 Å². The summed E-state index contributed by atoms with van der Waals surface area (Å²) < 4.78 is 0. The van der Waals surface area contributed by atoms with Crippen LogP contribution in [-0.2, 0) is 17.6 Å². The molecular weight excluding hydrogens is 334 g/mol. The molecule has 0 unspecified atom stereocenters. The van der Waals surface area contributed by atoms with Crippen LogP contribution in [0.15, 0.2) is 9.95 Å². The molecule has 0 aliphatic rings. The van der Waals surface area contributed by atoms with Crippen molar-refractivity contribution in [2.45, 2.75) is 44.7 Å². The highest BCUT2D eigenvalue weighted by molar-refractivity contribution is 7.98. The number of hydrogen-bond donors (Lipinski definition) is 2. The zero-order chi connectivity index (χ0) is 16.8. The number of rotatable bonds is 7. The second kappa shape index (κ2) is 8.21. The fourth-order valence-corrected chi connectivity index (χ4v) is 3.30. The minimum absolute atomic E-state index is 0.183. The number of aromatic amines is 1. The molecule has 0 spiro atoms. The lowest BCUT2D eigenvalue weighted by Crippen LogP contribution is -2.20. The molecular formula is C14H19N5O2S2. The number of aryl methyl sites for hydroxylation is 2. The van der Waals surface area contributed by atoms with E-state index in [0.29, 0.717) is 28.0 Å². The monoisotopic (exact) mass is 353 g/mol. The summed E-state index contributed by atoms with van der Waals surface area (Å²) in [5.41, 5.74) is 1.02. The van der Waals surface area contributed by atoms with Gasteiger partial charge < -0.3 is 10.3 Å². The summed E-state index contributed by atoms with van der Waals surface area (Å²) in [7, 11) is 0. The minimum Gasteiger partial charge on any atom is -0.301 e. The van der Waals surface area contributed by atoms with Crippen molar-refractivity contribution in [1.29, 1.82) is 0 Å². The van der Waals surface area contributed by atoms with Crippen LogP contribution in [-0.4, -0.2) is 32.3 Å². The molecule has 0 saturated heterocycles. The van der Waals surface area contributed by atoms with Gasteiger partial charge in [0, 0.05) is 24.1 Å². The number of carbonyl (C=O) groups is 1. The van der Waals surface area contributed by atoms with Crippen LogP contribution in [0.2, 0.25) is 0 Å². The Morgan fingerprint density at radius 2 is 2.13 bits per heavy atom. The van der Waals surface area contributed by atoms with E-state index in [1.807, 2.05) is 6.26 Å². The van der Waals surface area contributed by atoms with Crippen LogP contribution in [0.1, 0.15) is 36.0 Å². The zero-order valence-corrected chi connectivity index (χ0v) is 14.9. The van der Waals surface area contributed by atoms with Crippen LogP contribution in [0.25, 0.3) is 0 Å². The van der Waals surface area contributed by atoms with Crippen molar-refractivity contribution in [3.63, 3.8) is 0 Å². The molecule has 1 amide bonds. The fraction of sp³-hybridized carbons (Fsp3) is 0.500. The number of carbonyl (C=O) groups excluding carboxylic acids is 1. The Morgan fingerprint density at radius 3 is 2.78 bits per heavy atom. The maximum Gasteiger partial charge on any atom is 0.254 e. The Bertz CT molecular complexity index is 741. The van der Waals surface area contributed by atoms with Crippen molar-refractivity contribution in [2.24, 2.45) is 0 Å². The van der Waals surface area contributed by atoms with E-state index in [0.717, 1.165) is 17.8 Å². The van der Waals surface area contributed by atoms with Crippen LogP contribution in [0.4, 0.5) is 5.13 Å². The van der Waals surface area contributed by atoms with E-state index in [9.17, 15) is 9.59 Å². The predicted molar refractivity (Wildman–Crippen MR) is 92.2 cm³/mol. The highest BCUT2D eigenvalue weighted by Crippen LogP contribution is 2.17. The molecule has 0 radical (unpaired) electrons. The summed E-state index contributed by atoms with van der Waals surface area (Å²) in [6.45, 7) is 3.85. The van der Waals surface area contributed by atoms with Crippen molar-refractivity contribution in [3.05, 3.63) is 26.6 Å². The van der Waals surface area contributed by atoms with E-state index in [2.05, 4.69) is 32.4 Å². The Balaban J connectivity index is 1.95. The number of anilines is 1. The third-order valence-electron chi connectivity index (χ3n) is 3.17. The van der Waals surface area contributed by atoms with Crippen LogP contribution >= 0.6 is 23.1 Å². The van der Waals surface area contributed by atoms with Crippen molar-refractivity contribution >= 4 is 34.1 Å². The maximum absolute atomic E-state index is 12.0. The van der Waals surface area contributed by atoms with E-state index < -0.39 is 0 Å². The Labute approximate surface area is 142 Å². The summed E-state index contributed by atoms with van der Waals surface area (Å²) in [5, 5.41) is 12.7. The number of nitrogens with one attached hydrogen (secondary N) is 2. The van der Waals surface area contributed by atoms with Gasteiger partial charge in [0.15, 0.2) is 5.16 Å². The molecule has 0 atom stereocenters. The Hall–Kier alpha value is -1.74. The van der Waals surface area contributed by atoms with E-state index in [4.69, 9.17) is 0 Å². The Kier molecular flexibility index (Phi) is 6.28. The van der Waals surface area contributed by atoms with Crippen LogP contribution in [0, 0.1) is 6.92 Å². The first-order chi connectivity index (χ1) is 11.0. The standard InChI is InChI=1S/C14H19N5O2S2/c1-4-5-11-18-19-14(23-11)16-10(20)7-6-9-8(2)15-13(22-3)17-12(9)21/h4-7H2,1-3H3,(H,15,17,21)(H,16,19,20). The van der Waals surface area contributed by atoms with Gasteiger partial charge in [-0.15, -0.1) is 10.2 Å². The number of hydrogen-bond acceptors (Lipinski definition) is 7.